The number of nitrogens with one attached hydrogen (secondary N) is 1. The first kappa shape index (κ1) is 14.1. The van der Waals surface area contributed by atoms with Gasteiger partial charge < -0.3 is 10.1 Å². The van der Waals surface area contributed by atoms with Crippen molar-refractivity contribution in [2.75, 3.05) is 26.3 Å². The molecule has 0 aromatic rings. The van der Waals surface area contributed by atoms with E-state index in [9.17, 15) is 9.59 Å². The van der Waals surface area contributed by atoms with Crippen molar-refractivity contribution in [1.29, 1.82) is 0 Å². The van der Waals surface area contributed by atoms with Gasteiger partial charge in [0.1, 0.15) is 11.8 Å². The number of amides is 1. The van der Waals surface area contributed by atoms with Gasteiger partial charge in [-0.25, -0.2) is 0 Å². The highest BCUT2D eigenvalue weighted by molar-refractivity contribution is 5.82. The highest BCUT2D eigenvalue weighted by Gasteiger charge is 2.29. The summed E-state index contributed by atoms with van der Waals surface area (Å²) in [7, 11) is 0. The molecule has 98 valence electrons. The van der Waals surface area contributed by atoms with Crippen LogP contribution in [0.15, 0.2) is 0 Å². The number of carbonyl (C=O) groups excluding carboxylic acids is 2. The number of Topliss-reactive ketones (excluding diaryl/α,β-unsaturated/α-hetero) is 1. The Balaban J connectivity index is 2.52. The standard InChI is InChI=1S/C12H22N2O3/c1-9(2)13-12(16)11-8-17-7-6-14(11)5-4-10(3)15/h9,11H,4-8H2,1-3H3,(H,13,16). The fraction of sp³-hybridized carbons (Fsp3) is 0.833. The number of nitrogens with zero attached hydrogens (tertiary/aromatic N) is 1. The second-order valence-electron chi connectivity index (χ2n) is 4.74. The zero-order valence-corrected chi connectivity index (χ0v) is 10.9. The van der Waals surface area contributed by atoms with E-state index in [0.717, 1.165) is 0 Å². The van der Waals surface area contributed by atoms with Crippen LogP contribution in [0.25, 0.3) is 0 Å². The van der Waals surface area contributed by atoms with Crippen molar-refractivity contribution in [3.63, 3.8) is 0 Å². The molecule has 1 aliphatic heterocycles. The van der Waals surface area contributed by atoms with Crippen LogP contribution < -0.4 is 5.32 Å². The molecule has 0 aromatic heterocycles. The van der Waals surface area contributed by atoms with E-state index < -0.39 is 0 Å². The van der Waals surface area contributed by atoms with E-state index in [1.807, 2.05) is 18.7 Å². The van der Waals surface area contributed by atoms with Crippen LogP contribution in [-0.4, -0.2) is 55.0 Å². The molecule has 1 saturated heterocycles. The number of carbonyl (C=O) groups is 2. The second kappa shape index (κ2) is 6.71. The first-order valence-corrected chi connectivity index (χ1v) is 6.12. The highest BCUT2D eigenvalue weighted by atomic mass is 16.5. The fourth-order valence-electron chi connectivity index (χ4n) is 1.83. The summed E-state index contributed by atoms with van der Waals surface area (Å²) < 4.78 is 5.33. The number of rotatable bonds is 5. The van der Waals surface area contributed by atoms with Gasteiger partial charge >= 0.3 is 0 Å². The zero-order valence-electron chi connectivity index (χ0n) is 10.9. The van der Waals surface area contributed by atoms with Crippen molar-refractivity contribution in [2.24, 2.45) is 0 Å². The summed E-state index contributed by atoms with van der Waals surface area (Å²) in [4.78, 5) is 25.0. The fourth-order valence-corrected chi connectivity index (χ4v) is 1.83. The Morgan fingerprint density at radius 1 is 1.47 bits per heavy atom. The van der Waals surface area contributed by atoms with E-state index in [-0.39, 0.29) is 23.8 Å². The number of ether oxygens (including phenoxy) is 1. The summed E-state index contributed by atoms with van der Waals surface area (Å²) in [6, 6.07) is -0.135. The van der Waals surface area contributed by atoms with Crippen molar-refractivity contribution in [1.82, 2.24) is 10.2 Å². The monoisotopic (exact) mass is 242 g/mol. The van der Waals surface area contributed by atoms with E-state index in [0.29, 0.717) is 32.7 Å². The molecule has 0 radical (unpaired) electrons. The Hall–Kier alpha value is -0.940. The molecule has 0 aromatic carbocycles. The average molecular weight is 242 g/mol. The molecule has 17 heavy (non-hydrogen) atoms. The lowest BCUT2D eigenvalue weighted by atomic mass is 10.1. The normalized spacial score (nSPS) is 21.5. The van der Waals surface area contributed by atoms with Gasteiger partial charge in [-0.3, -0.25) is 14.5 Å². The molecule has 0 aliphatic carbocycles. The molecule has 0 bridgehead atoms. The molecule has 1 atom stereocenters. The molecule has 1 amide bonds. The van der Waals surface area contributed by atoms with E-state index in [1.165, 1.54) is 0 Å². The van der Waals surface area contributed by atoms with Gasteiger partial charge in [-0.05, 0) is 20.8 Å². The van der Waals surface area contributed by atoms with Crippen molar-refractivity contribution >= 4 is 11.7 Å². The third-order valence-electron chi connectivity index (χ3n) is 2.72. The average Bonchev–Trinajstić information content (AvgIpc) is 2.25. The molecule has 1 fully saturated rings. The predicted molar refractivity (Wildman–Crippen MR) is 64.8 cm³/mol. The van der Waals surface area contributed by atoms with Crippen LogP contribution in [0, 0.1) is 0 Å². The Morgan fingerprint density at radius 2 is 2.18 bits per heavy atom. The first-order valence-electron chi connectivity index (χ1n) is 6.12. The first-order chi connectivity index (χ1) is 8.00. The van der Waals surface area contributed by atoms with Gasteiger partial charge in [-0.1, -0.05) is 0 Å². The van der Waals surface area contributed by atoms with Crippen molar-refractivity contribution in [3.8, 4) is 0 Å². The quantitative estimate of drug-likeness (QED) is 0.748. The highest BCUT2D eigenvalue weighted by Crippen LogP contribution is 2.08. The minimum Gasteiger partial charge on any atom is -0.378 e. The van der Waals surface area contributed by atoms with Crippen LogP contribution in [-0.2, 0) is 14.3 Å². The maximum absolute atomic E-state index is 11.9. The molecular weight excluding hydrogens is 220 g/mol. The Morgan fingerprint density at radius 3 is 2.76 bits per heavy atom. The van der Waals surface area contributed by atoms with Crippen LogP contribution in [0.2, 0.25) is 0 Å². The van der Waals surface area contributed by atoms with Crippen LogP contribution in [0.1, 0.15) is 27.2 Å². The molecule has 1 unspecified atom stereocenters. The van der Waals surface area contributed by atoms with Gasteiger partial charge in [0.05, 0.1) is 13.2 Å². The summed E-state index contributed by atoms with van der Waals surface area (Å²) >= 11 is 0. The summed E-state index contributed by atoms with van der Waals surface area (Å²) in [5.41, 5.74) is 0. The lowest BCUT2D eigenvalue weighted by Gasteiger charge is -2.34. The van der Waals surface area contributed by atoms with Gasteiger partial charge in [-0.2, -0.15) is 0 Å². The molecule has 5 heteroatoms. The SMILES string of the molecule is CC(=O)CCN1CCOCC1C(=O)NC(C)C. The summed E-state index contributed by atoms with van der Waals surface area (Å²) in [6.45, 7) is 7.82. The largest absolute Gasteiger partial charge is 0.378 e. The number of hydrogen-bond donors (Lipinski definition) is 1. The molecule has 1 heterocycles. The van der Waals surface area contributed by atoms with Crippen LogP contribution in [0.5, 0.6) is 0 Å². The Bertz CT molecular complexity index is 279. The van der Waals surface area contributed by atoms with E-state index in [4.69, 9.17) is 4.74 Å². The third-order valence-corrected chi connectivity index (χ3v) is 2.72. The zero-order chi connectivity index (χ0) is 12.8. The number of hydrogen-bond acceptors (Lipinski definition) is 4. The summed E-state index contributed by atoms with van der Waals surface area (Å²) in [5, 5.41) is 2.88. The van der Waals surface area contributed by atoms with Crippen molar-refractivity contribution < 1.29 is 14.3 Å². The minimum absolute atomic E-state index is 0.0109. The van der Waals surface area contributed by atoms with Gasteiger partial charge in [0.2, 0.25) is 5.91 Å². The minimum atomic E-state index is -0.259. The van der Waals surface area contributed by atoms with Crippen LogP contribution >= 0.6 is 0 Å². The lowest BCUT2D eigenvalue weighted by molar-refractivity contribution is -0.134. The topological polar surface area (TPSA) is 58.6 Å². The van der Waals surface area contributed by atoms with Gasteiger partial charge in [-0.15, -0.1) is 0 Å². The van der Waals surface area contributed by atoms with E-state index in [1.54, 1.807) is 6.92 Å². The lowest BCUT2D eigenvalue weighted by Crippen LogP contribution is -2.55. The Kier molecular flexibility index (Phi) is 5.58. The number of ketones is 1. The van der Waals surface area contributed by atoms with E-state index in [2.05, 4.69) is 5.32 Å². The molecule has 5 nitrogen and oxygen atoms in total. The Labute approximate surface area is 102 Å². The molecular formula is C12H22N2O3. The van der Waals surface area contributed by atoms with Crippen molar-refractivity contribution in [3.05, 3.63) is 0 Å². The summed E-state index contributed by atoms with van der Waals surface area (Å²) in [6.07, 6.45) is 0.492. The van der Waals surface area contributed by atoms with Crippen LogP contribution in [0.4, 0.5) is 0 Å². The molecule has 1 aliphatic rings. The second-order valence-corrected chi connectivity index (χ2v) is 4.74. The molecule has 1 N–H and O–H groups in total. The third kappa shape index (κ3) is 4.83. The molecule has 0 saturated carbocycles. The number of morpholine rings is 1. The van der Waals surface area contributed by atoms with Crippen molar-refractivity contribution in [2.45, 2.75) is 39.3 Å². The molecule has 0 spiro atoms. The van der Waals surface area contributed by atoms with Gasteiger partial charge in [0, 0.05) is 25.6 Å². The smallest absolute Gasteiger partial charge is 0.239 e. The van der Waals surface area contributed by atoms with E-state index >= 15 is 0 Å². The maximum Gasteiger partial charge on any atom is 0.239 e. The molecule has 1 rings (SSSR count). The summed E-state index contributed by atoms with van der Waals surface area (Å²) in [5.74, 6) is 0.141. The maximum atomic E-state index is 11.9. The van der Waals surface area contributed by atoms with Gasteiger partial charge in [0.15, 0.2) is 0 Å². The predicted octanol–water partition coefficient (Wildman–Crippen LogP) is 0.191. The van der Waals surface area contributed by atoms with Gasteiger partial charge in [0.25, 0.3) is 0 Å². The van der Waals surface area contributed by atoms with Crippen LogP contribution in [0.3, 0.4) is 0 Å².